The number of rotatable bonds is 4. The van der Waals surface area contributed by atoms with Crippen molar-refractivity contribution in [3.8, 4) is 0 Å². The molecule has 10 heavy (non-hydrogen) atoms. The zero-order chi connectivity index (χ0) is 7.40. The summed E-state index contributed by atoms with van der Waals surface area (Å²) in [6, 6.07) is 0. The topological polar surface area (TPSA) is 32.3 Å². The van der Waals surface area contributed by atoms with Crippen LogP contribution < -0.4 is 5.32 Å². The van der Waals surface area contributed by atoms with Crippen molar-refractivity contribution in [1.82, 2.24) is 5.32 Å². The van der Waals surface area contributed by atoms with Crippen LogP contribution in [0.5, 0.6) is 0 Å². The molecule has 0 radical (unpaired) electrons. The minimum absolute atomic E-state index is 0.194. The molecule has 1 saturated carbocycles. The van der Waals surface area contributed by atoms with Gasteiger partial charge in [-0.1, -0.05) is 6.42 Å². The van der Waals surface area contributed by atoms with Crippen molar-refractivity contribution in [3.63, 3.8) is 0 Å². The first-order valence-corrected chi connectivity index (χ1v) is 4.18. The Morgan fingerprint density at radius 3 is 2.70 bits per heavy atom. The third-order valence-corrected chi connectivity index (χ3v) is 2.10. The highest BCUT2D eigenvalue weighted by Crippen LogP contribution is 2.24. The molecule has 0 spiro atoms. The zero-order valence-electron chi connectivity index (χ0n) is 6.64. The van der Waals surface area contributed by atoms with Gasteiger partial charge in [0.1, 0.15) is 0 Å². The minimum Gasteiger partial charge on any atom is -0.392 e. The number of aliphatic hydroxyl groups excluding tert-OH is 1. The first kappa shape index (κ1) is 8.02. The summed E-state index contributed by atoms with van der Waals surface area (Å²) in [4.78, 5) is 0. The molecule has 60 valence electrons. The fourth-order valence-corrected chi connectivity index (χ4v) is 1.19. The summed E-state index contributed by atoms with van der Waals surface area (Å²) in [5.74, 6) is 0.902. The Balaban J connectivity index is 1.85. The quantitative estimate of drug-likeness (QED) is 0.609. The molecule has 0 amide bonds. The van der Waals surface area contributed by atoms with E-state index in [0.717, 1.165) is 19.0 Å². The highest BCUT2D eigenvalue weighted by molar-refractivity contribution is 4.71. The number of nitrogens with one attached hydrogen (secondary N) is 1. The Morgan fingerprint density at radius 2 is 2.30 bits per heavy atom. The molecule has 2 heteroatoms. The average Bonchev–Trinajstić information content (AvgIpc) is 1.75. The fraction of sp³-hybridized carbons (Fsp3) is 1.00. The van der Waals surface area contributed by atoms with Crippen LogP contribution in [-0.2, 0) is 0 Å². The highest BCUT2D eigenvalue weighted by Gasteiger charge is 2.16. The molecule has 1 rings (SSSR count). The molecule has 1 atom stereocenters. The maximum absolute atomic E-state index is 8.89. The predicted octanol–water partition coefficient (Wildman–Crippen LogP) is 0.757. The molecule has 0 aromatic rings. The molecule has 0 bridgehead atoms. The smallest absolute Gasteiger partial charge is 0.0636 e. The van der Waals surface area contributed by atoms with Crippen LogP contribution in [0, 0.1) is 5.92 Å². The monoisotopic (exact) mass is 143 g/mol. The second kappa shape index (κ2) is 3.94. The molecule has 0 heterocycles. The van der Waals surface area contributed by atoms with Gasteiger partial charge in [0.05, 0.1) is 6.10 Å². The van der Waals surface area contributed by atoms with Crippen molar-refractivity contribution in [2.75, 3.05) is 13.1 Å². The van der Waals surface area contributed by atoms with Gasteiger partial charge in [-0.3, -0.25) is 0 Å². The summed E-state index contributed by atoms with van der Waals surface area (Å²) < 4.78 is 0. The van der Waals surface area contributed by atoms with Crippen molar-refractivity contribution < 1.29 is 5.11 Å². The number of hydrogen-bond acceptors (Lipinski definition) is 2. The third kappa shape index (κ3) is 2.67. The first-order chi connectivity index (χ1) is 4.79. The summed E-state index contributed by atoms with van der Waals surface area (Å²) in [6.45, 7) is 3.66. The van der Waals surface area contributed by atoms with E-state index in [-0.39, 0.29) is 6.10 Å². The van der Waals surface area contributed by atoms with E-state index in [9.17, 15) is 0 Å². The SMILES string of the molecule is C[C@@H](O)CNCC1CCC1. The summed E-state index contributed by atoms with van der Waals surface area (Å²) >= 11 is 0. The van der Waals surface area contributed by atoms with Gasteiger partial charge in [0.25, 0.3) is 0 Å². The molecule has 2 N–H and O–H groups in total. The minimum atomic E-state index is -0.194. The van der Waals surface area contributed by atoms with E-state index in [1.807, 2.05) is 6.92 Å². The Kier molecular flexibility index (Phi) is 3.16. The molecule has 2 nitrogen and oxygen atoms in total. The second-order valence-electron chi connectivity index (χ2n) is 3.30. The van der Waals surface area contributed by atoms with Crippen LogP contribution in [0.2, 0.25) is 0 Å². The van der Waals surface area contributed by atoms with E-state index in [4.69, 9.17) is 5.11 Å². The standard InChI is InChI=1S/C8H17NO/c1-7(10)5-9-6-8-3-2-4-8/h7-10H,2-6H2,1H3/t7-/m1/s1. The van der Waals surface area contributed by atoms with Crippen LogP contribution in [0.4, 0.5) is 0 Å². The average molecular weight is 143 g/mol. The lowest BCUT2D eigenvalue weighted by molar-refractivity contribution is 0.184. The lowest BCUT2D eigenvalue weighted by Gasteiger charge is -2.25. The van der Waals surface area contributed by atoms with Crippen LogP contribution >= 0.6 is 0 Å². The summed E-state index contributed by atoms with van der Waals surface area (Å²) in [5.41, 5.74) is 0. The number of aliphatic hydroxyl groups is 1. The van der Waals surface area contributed by atoms with Crippen LogP contribution in [0.3, 0.4) is 0 Å². The molecular formula is C8H17NO. The van der Waals surface area contributed by atoms with Crippen LogP contribution in [0.25, 0.3) is 0 Å². The molecule has 1 fully saturated rings. The van der Waals surface area contributed by atoms with E-state index in [0.29, 0.717) is 0 Å². The molecule has 0 aliphatic heterocycles. The molecule has 0 aromatic carbocycles. The maximum atomic E-state index is 8.89. The first-order valence-electron chi connectivity index (χ1n) is 4.18. The largest absolute Gasteiger partial charge is 0.392 e. The second-order valence-corrected chi connectivity index (χ2v) is 3.30. The van der Waals surface area contributed by atoms with Crippen molar-refractivity contribution in [3.05, 3.63) is 0 Å². The Labute approximate surface area is 62.6 Å². The van der Waals surface area contributed by atoms with Gasteiger partial charge in [0.15, 0.2) is 0 Å². The van der Waals surface area contributed by atoms with Gasteiger partial charge in [-0.2, -0.15) is 0 Å². The maximum Gasteiger partial charge on any atom is 0.0636 e. The number of hydrogen-bond donors (Lipinski definition) is 2. The molecule has 0 aromatic heterocycles. The third-order valence-electron chi connectivity index (χ3n) is 2.10. The summed E-state index contributed by atoms with van der Waals surface area (Å²) in [7, 11) is 0. The van der Waals surface area contributed by atoms with Crippen LogP contribution in [0.1, 0.15) is 26.2 Å². The van der Waals surface area contributed by atoms with Gasteiger partial charge in [0, 0.05) is 6.54 Å². The van der Waals surface area contributed by atoms with Gasteiger partial charge < -0.3 is 10.4 Å². The lowest BCUT2D eigenvalue weighted by atomic mass is 9.85. The Hall–Kier alpha value is -0.0800. The molecule has 1 aliphatic carbocycles. The van der Waals surface area contributed by atoms with E-state index in [1.165, 1.54) is 19.3 Å². The zero-order valence-corrected chi connectivity index (χ0v) is 6.64. The van der Waals surface area contributed by atoms with Crippen LogP contribution in [-0.4, -0.2) is 24.3 Å². The fourth-order valence-electron chi connectivity index (χ4n) is 1.19. The van der Waals surface area contributed by atoms with E-state index < -0.39 is 0 Å². The molecule has 1 aliphatic rings. The van der Waals surface area contributed by atoms with Crippen LogP contribution in [0.15, 0.2) is 0 Å². The Morgan fingerprint density at radius 1 is 1.60 bits per heavy atom. The van der Waals surface area contributed by atoms with Crippen molar-refractivity contribution in [2.45, 2.75) is 32.3 Å². The summed E-state index contributed by atoms with van der Waals surface area (Å²) in [5, 5.41) is 12.1. The van der Waals surface area contributed by atoms with Gasteiger partial charge in [-0.05, 0) is 32.2 Å². The normalized spacial score (nSPS) is 22.2. The molecule has 0 saturated heterocycles. The van der Waals surface area contributed by atoms with E-state index >= 15 is 0 Å². The van der Waals surface area contributed by atoms with Crippen molar-refractivity contribution in [2.24, 2.45) is 5.92 Å². The molecular weight excluding hydrogens is 126 g/mol. The van der Waals surface area contributed by atoms with Gasteiger partial charge in [-0.15, -0.1) is 0 Å². The molecule has 0 unspecified atom stereocenters. The van der Waals surface area contributed by atoms with Gasteiger partial charge in [-0.25, -0.2) is 0 Å². The van der Waals surface area contributed by atoms with Crippen molar-refractivity contribution in [1.29, 1.82) is 0 Å². The highest BCUT2D eigenvalue weighted by atomic mass is 16.3. The van der Waals surface area contributed by atoms with Gasteiger partial charge >= 0.3 is 0 Å². The van der Waals surface area contributed by atoms with Crippen molar-refractivity contribution >= 4 is 0 Å². The van der Waals surface area contributed by atoms with E-state index in [1.54, 1.807) is 0 Å². The predicted molar refractivity (Wildman–Crippen MR) is 41.9 cm³/mol. The van der Waals surface area contributed by atoms with Gasteiger partial charge in [0.2, 0.25) is 0 Å². The lowest BCUT2D eigenvalue weighted by Crippen LogP contribution is -2.32. The van der Waals surface area contributed by atoms with E-state index in [2.05, 4.69) is 5.32 Å². The Bertz CT molecular complexity index is 89.3. The summed E-state index contributed by atoms with van der Waals surface area (Å²) in [6.07, 6.45) is 3.97.